The quantitative estimate of drug-likeness (QED) is 0.534. The van der Waals surface area contributed by atoms with Gasteiger partial charge in [-0.25, -0.2) is 8.42 Å². The zero-order chi connectivity index (χ0) is 19.2. The molecule has 0 aromatic heterocycles. The molecule has 2 aromatic rings. The minimum atomic E-state index is -3.52. The molecule has 0 fully saturated rings. The number of amides is 1. The molecule has 26 heavy (non-hydrogen) atoms. The fourth-order valence-electron chi connectivity index (χ4n) is 2.32. The Morgan fingerprint density at radius 1 is 1.15 bits per heavy atom. The van der Waals surface area contributed by atoms with E-state index in [1.165, 1.54) is 7.05 Å². The number of nitrogens with one attached hydrogen (secondary N) is 1. The van der Waals surface area contributed by atoms with Crippen LogP contribution in [-0.2, 0) is 14.8 Å². The third kappa shape index (κ3) is 6.02. The molecule has 0 radical (unpaired) electrons. The van der Waals surface area contributed by atoms with Gasteiger partial charge < -0.3 is 5.32 Å². The fraction of sp³-hybridized carbons (Fsp3) is 0.278. The van der Waals surface area contributed by atoms with Gasteiger partial charge in [0.05, 0.1) is 6.26 Å². The first kappa shape index (κ1) is 20.8. The Morgan fingerprint density at radius 3 is 2.35 bits per heavy atom. The first-order valence-corrected chi connectivity index (χ1v) is 11.1. The summed E-state index contributed by atoms with van der Waals surface area (Å²) in [6, 6.07) is 15.4. The van der Waals surface area contributed by atoms with Crippen molar-refractivity contribution in [3.63, 3.8) is 0 Å². The largest absolute Gasteiger partial charge is 0.354 e. The minimum absolute atomic E-state index is 0.346. The number of carbonyl (C=O) groups is 1. The molecule has 2 rings (SSSR count). The van der Waals surface area contributed by atoms with Gasteiger partial charge in [0.25, 0.3) is 0 Å². The van der Waals surface area contributed by atoms with Gasteiger partial charge in [0.2, 0.25) is 15.9 Å². The number of rotatable bonds is 8. The molecule has 0 aliphatic rings. The van der Waals surface area contributed by atoms with E-state index < -0.39 is 16.1 Å². The number of halogens is 1. The monoisotopic (exact) mass is 412 g/mol. The Bertz CT molecular complexity index is 827. The van der Waals surface area contributed by atoms with Crippen LogP contribution in [0, 0.1) is 0 Å². The van der Waals surface area contributed by atoms with Crippen molar-refractivity contribution in [2.45, 2.75) is 10.9 Å². The molecule has 0 saturated carbocycles. The van der Waals surface area contributed by atoms with Crippen LogP contribution >= 0.6 is 23.4 Å². The maximum Gasteiger partial charge on any atom is 0.243 e. The molecule has 8 heteroatoms. The topological polar surface area (TPSA) is 66.5 Å². The van der Waals surface area contributed by atoms with E-state index in [0.29, 0.717) is 22.9 Å². The van der Waals surface area contributed by atoms with Crippen molar-refractivity contribution in [3.8, 4) is 0 Å². The molecule has 1 unspecified atom stereocenters. The fourth-order valence-corrected chi connectivity index (χ4v) is 3.82. The van der Waals surface area contributed by atoms with Crippen molar-refractivity contribution < 1.29 is 13.2 Å². The Labute approximate surface area is 163 Å². The predicted molar refractivity (Wildman–Crippen MR) is 107 cm³/mol. The van der Waals surface area contributed by atoms with Gasteiger partial charge in [0.15, 0.2) is 0 Å². The number of nitrogens with zero attached hydrogens (tertiary/aromatic N) is 1. The molecule has 0 aliphatic heterocycles. The highest BCUT2D eigenvalue weighted by Crippen LogP contribution is 2.22. The summed E-state index contributed by atoms with van der Waals surface area (Å²) in [6.45, 7) is 0.424. The van der Waals surface area contributed by atoms with Crippen LogP contribution in [0.2, 0.25) is 5.02 Å². The number of benzene rings is 2. The maximum absolute atomic E-state index is 12.6. The van der Waals surface area contributed by atoms with E-state index >= 15 is 0 Å². The molecule has 1 amide bonds. The van der Waals surface area contributed by atoms with Crippen LogP contribution in [-0.4, -0.2) is 44.2 Å². The summed E-state index contributed by atoms with van der Waals surface area (Å²) >= 11 is 7.44. The molecule has 1 N–H and O–H groups in total. The number of thioether (sulfide) groups is 1. The summed E-state index contributed by atoms with van der Waals surface area (Å²) in [4.78, 5) is 13.7. The second-order valence-corrected chi connectivity index (χ2v) is 9.33. The highest BCUT2D eigenvalue weighted by atomic mass is 35.5. The van der Waals surface area contributed by atoms with Gasteiger partial charge in [-0.3, -0.25) is 4.79 Å². The summed E-state index contributed by atoms with van der Waals surface area (Å²) in [6.07, 6.45) is 1.09. The van der Waals surface area contributed by atoms with E-state index in [0.717, 1.165) is 15.5 Å². The first-order chi connectivity index (χ1) is 12.3. The van der Waals surface area contributed by atoms with Crippen LogP contribution in [0.15, 0.2) is 59.5 Å². The minimum Gasteiger partial charge on any atom is -0.354 e. The van der Waals surface area contributed by atoms with E-state index in [4.69, 9.17) is 11.6 Å². The molecule has 5 nitrogen and oxygen atoms in total. The van der Waals surface area contributed by atoms with Gasteiger partial charge in [-0.15, -0.1) is 11.8 Å². The first-order valence-electron chi connectivity index (χ1n) is 7.93. The lowest BCUT2D eigenvalue weighted by Gasteiger charge is -2.25. The SMILES string of the molecule is CN(C(C(=O)NCCSc1ccc(Cl)cc1)c1ccccc1)S(C)(=O)=O. The number of hydrogen-bond donors (Lipinski definition) is 1. The smallest absolute Gasteiger partial charge is 0.243 e. The molecule has 0 saturated heterocycles. The van der Waals surface area contributed by atoms with Gasteiger partial charge in [-0.05, 0) is 29.8 Å². The summed E-state index contributed by atoms with van der Waals surface area (Å²) in [5, 5.41) is 3.50. The normalized spacial score (nSPS) is 12.8. The van der Waals surface area contributed by atoms with Crippen LogP contribution in [0.25, 0.3) is 0 Å². The van der Waals surface area contributed by atoms with Crippen molar-refractivity contribution in [3.05, 3.63) is 65.2 Å². The summed E-state index contributed by atoms with van der Waals surface area (Å²) < 4.78 is 24.9. The van der Waals surface area contributed by atoms with Crippen LogP contribution in [0.3, 0.4) is 0 Å². The van der Waals surface area contributed by atoms with Gasteiger partial charge >= 0.3 is 0 Å². The van der Waals surface area contributed by atoms with E-state index in [-0.39, 0.29) is 5.91 Å². The van der Waals surface area contributed by atoms with Crippen LogP contribution < -0.4 is 5.32 Å². The maximum atomic E-state index is 12.6. The van der Waals surface area contributed by atoms with E-state index in [2.05, 4.69) is 5.32 Å². The third-order valence-corrected chi connectivity index (χ3v) is 6.26. The molecule has 2 aromatic carbocycles. The van der Waals surface area contributed by atoms with E-state index in [1.54, 1.807) is 36.0 Å². The standard InChI is InChI=1S/C18H21ClN2O3S2/c1-21(26(2,23)24)17(14-6-4-3-5-7-14)18(22)20-12-13-25-16-10-8-15(19)9-11-16/h3-11,17H,12-13H2,1-2H3,(H,20,22). The molecule has 0 aliphatic carbocycles. The highest BCUT2D eigenvalue weighted by Gasteiger charge is 2.30. The summed E-state index contributed by atoms with van der Waals surface area (Å²) in [5.41, 5.74) is 0.628. The van der Waals surface area contributed by atoms with Crippen LogP contribution in [0.1, 0.15) is 11.6 Å². The lowest BCUT2D eigenvalue weighted by Crippen LogP contribution is -2.41. The molecular formula is C18H21ClN2O3S2. The molecular weight excluding hydrogens is 392 g/mol. The van der Waals surface area contributed by atoms with Gasteiger partial charge in [-0.1, -0.05) is 41.9 Å². The zero-order valence-electron chi connectivity index (χ0n) is 14.6. The second kappa shape index (κ2) is 9.41. The Balaban J connectivity index is 1.99. The third-order valence-electron chi connectivity index (χ3n) is 3.73. The average Bonchev–Trinajstić information content (AvgIpc) is 2.60. The Hall–Kier alpha value is -1.54. The highest BCUT2D eigenvalue weighted by molar-refractivity contribution is 7.99. The second-order valence-electron chi connectivity index (χ2n) is 5.69. The Kier molecular flexibility index (Phi) is 7.52. The number of sulfonamides is 1. The molecule has 140 valence electrons. The van der Waals surface area contributed by atoms with Gasteiger partial charge in [-0.2, -0.15) is 4.31 Å². The number of hydrogen-bond acceptors (Lipinski definition) is 4. The summed E-state index contributed by atoms with van der Waals surface area (Å²) in [7, 11) is -2.11. The van der Waals surface area contributed by atoms with Crippen molar-refractivity contribution >= 4 is 39.3 Å². The lowest BCUT2D eigenvalue weighted by molar-refractivity contribution is -0.124. The molecule has 1 atom stereocenters. The predicted octanol–water partition coefficient (Wildman–Crippen LogP) is 3.18. The van der Waals surface area contributed by atoms with Gasteiger partial charge in [0, 0.05) is 29.3 Å². The molecule has 0 spiro atoms. The average molecular weight is 413 g/mol. The van der Waals surface area contributed by atoms with E-state index in [1.807, 2.05) is 30.3 Å². The molecule has 0 heterocycles. The number of likely N-dealkylation sites (N-methyl/N-ethyl adjacent to an activating group) is 1. The Morgan fingerprint density at radius 2 is 1.77 bits per heavy atom. The van der Waals surface area contributed by atoms with Crippen molar-refractivity contribution in [2.75, 3.05) is 25.6 Å². The van der Waals surface area contributed by atoms with Crippen LogP contribution in [0.5, 0.6) is 0 Å². The van der Waals surface area contributed by atoms with E-state index in [9.17, 15) is 13.2 Å². The van der Waals surface area contributed by atoms with Crippen molar-refractivity contribution in [2.24, 2.45) is 0 Å². The van der Waals surface area contributed by atoms with Crippen molar-refractivity contribution in [1.82, 2.24) is 9.62 Å². The van der Waals surface area contributed by atoms with Crippen molar-refractivity contribution in [1.29, 1.82) is 0 Å². The lowest BCUT2D eigenvalue weighted by atomic mass is 10.1. The van der Waals surface area contributed by atoms with Gasteiger partial charge in [0.1, 0.15) is 6.04 Å². The number of carbonyl (C=O) groups excluding carboxylic acids is 1. The molecule has 0 bridgehead atoms. The zero-order valence-corrected chi connectivity index (χ0v) is 16.9. The summed E-state index contributed by atoms with van der Waals surface area (Å²) in [5.74, 6) is 0.318. The van der Waals surface area contributed by atoms with Crippen LogP contribution in [0.4, 0.5) is 0 Å².